The maximum atomic E-state index is 13.0. The molecule has 2 amide bonds. The molecule has 1 aromatic carbocycles. The van der Waals surface area contributed by atoms with Crippen molar-refractivity contribution >= 4 is 23.9 Å². The highest BCUT2D eigenvalue weighted by atomic mass is 16.8. The third kappa shape index (κ3) is 6.51. The Labute approximate surface area is 236 Å². The van der Waals surface area contributed by atoms with Crippen LogP contribution in [0.1, 0.15) is 43.9 Å². The number of amides is 2. The van der Waals surface area contributed by atoms with Crippen molar-refractivity contribution in [3.05, 3.63) is 64.7 Å². The van der Waals surface area contributed by atoms with Crippen LogP contribution in [0.5, 0.6) is 0 Å². The highest BCUT2D eigenvalue weighted by Gasteiger charge is 2.53. The Morgan fingerprint density at radius 2 is 1.85 bits per heavy atom. The molecule has 0 radical (unpaired) electrons. The quantitative estimate of drug-likeness (QED) is 0.394. The molecule has 12 heteroatoms. The highest BCUT2D eigenvalue weighted by molar-refractivity contribution is 5.88. The monoisotopic (exact) mass is 566 g/mol. The molecule has 0 bridgehead atoms. The molecule has 12 nitrogen and oxygen atoms in total. The number of aliphatic carboxylic acids is 1. The SMILES string of the molecule is O=C(Nc1ccn([C@@H]2O[C@H](COCC3CCCC3C(=O)O)C3O[C@H](/C=C/c4ccccc4)OC32)c(=O)n1)NC1CC1. The van der Waals surface area contributed by atoms with Crippen LogP contribution in [0, 0.1) is 11.8 Å². The van der Waals surface area contributed by atoms with E-state index in [-0.39, 0.29) is 24.4 Å². The van der Waals surface area contributed by atoms with Crippen molar-refractivity contribution in [3.8, 4) is 0 Å². The van der Waals surface area contributed by atoms with Gasteiger partial charge in [0.15, 0.2) is 12.5 Å². The number of hydrogen-bond acceptors (Lipinski definition) is 8. The van der Waals surface area contributed by atoms with E-state index in [1.807, 2.05) is 42.5 Å². The van der Waals surface area contributed by atoms with Crippen molar-refractivity contribution in [2.45, 2.75) is 69.0 Å². The number of nitrogens with zero attached hydrogens (tertiary/aromatic N) is 2. The fraction of sp³-hybridized carbons (Fsp3) is 0.517. The minimum atomic E-state index is -0.837. The Hall–Kier alpha value is -3.58. The van der Waals surface area contributed by atoms with E-state index in [0.717, 1.165) is 31.2 Å². The maximum absolute atomic E-state index is 13.0. The number of aromatic nitrogens is 2. The zero-order valence-electron chi connectivity index (χ0n) is 22.5. The van der Waals surface area contributed by atoms with Gasteiger partial charge in [-0.25, -0.2) is 9.59 Å². The van der Waals surface area contributed by atoms with Crippen molar-refractivity contribution in [1.29, 1.82) is 0 Å². The zero-order valence-corrected chi connectivity index (χ0v) is 22.5. The van der Waals surface area contributed by atoms with Crippen LogP contribution in [-0.4, -0.2) is 70.5 Å². The number of anilines is 1. The highest BCUT2D eigenvalue weighted by Crippen LogP contribution is 2.40. The molecule has 4 unspecified atom stereocenters. The fourth-order valence-corrected chi connectivity index (χ4v) is 5.70. The van der Waals surface area contributed by atoms with Crippen molar-refractivity contribution in [3.63, 3.8) is 0 Å². The molecule has 0 spiro atoms. The predicted molar refractivity (Wildman–Crippen MR) is 146 cm³/mol. The molecule has 41 heavy (non-hydrogen) atoms. The van der Waals surface area contributed by atoms with E-state index < -0.39 is 54.4 Å². The second-order valence-electron chi connectivity index (χ2n) is 11.0. The van der Waals surface area contributed by atoms with E-state index in [2.05, 4.69) is 15.6 Å². The van der Waals surface area contributed by atoms with Crippen LogP contribution in [0.2, 0.25) is 0 Å². The third-order valence-corrected chi connectivity index (χ3v) is 7.96. The summed E-state index contributed by atoms with van der Waals surface area (Å²) in [7, 11) is 0. The molecule has 2 aromatic rings. The van der Waals surface area contributed by atoms with E-state index in [4.69, 9.17) is 18.9 Å². The van der Waals surface area contributed by atoms with Crippen LogP contribution < -0.4 is 16.3 Å². The molecule has 2 aliphatic carbocycles. The lowest BCUT2D eigenvalue weighted by atomic mass is 9.97. The number of fused-ring (bicyclic) bond motifs is 1. The molecule has 2 saturated heterocycles. The van der Waals surface area contributed by atoms with Gasteiger partial charge in [-0.2, -0.15) is 4.98 Å². The molecular weight excluding hydrogens is 532 g/mol. The summed E-state index contributed by atoms with van der Waals surface area (Å²) in [5.41, 5.74) is 0.380. The zero-order chi connectivity index (χ0) is 28.3. The molecule has 4 aliphatic rings. The van der Waals surface area contributed by atoms with E-state index in [1.54, 1.807) is 0 Å². The molecule has 1 aromatic heterocycles. The van der Waals surface area contributed by atoms with Gasteiger partial charge in [-0.05, 0) is 49.3 Å². The number of hydrogen-bond donors (Lipinski definition) is 3. The second kappa shape index (κ2) is 12.1. The maximum Gasteiger partial charge on any atom is 0.351 e. The first-order chi connectivity index (χ1) is 19.9. The van der Waals surface area contributed by atoms with E-state index in [9.17, 15) is 19.5 Å². The summed E-state index contributed by atoms with van der Waals surface area (Å²) >= 11 is 0. The van der Waals surface area contributed by atoms with Crippen LogP contribution in [-0.2, 0) is 23.7 Å². The third-order valence-electron chi connectivity index (χ3n) is 7.96. The van der Waals surface area contributed by atoms with Gasteiger partial charge in [0.2, 0.25) is 0 Å². The summed E-state index contributed by atoms with van der Waals surface area (Å²) in [6.45, 7) is 0.462. The number of carboxylic acid groups (broad SMARTS) is 1. The summed E-state index contributed by atoms with van der Waals surface area (Å²) in [5, 5.41) is 14.9. The van der Waals surface area contributed by atoms with Gasteiger partial charge >= 0.3 is 17.7 Å². The topological polar surface area (TPSA) is 150 Å². The molecular formula is C29H34N4O8. The van der Waals surface area contributed by atoms with Gasteiger partial charge in [0.05, 0.1) is 19.1 Å². The summed E-state index contributed by atoms with van der Waals surface area (Å²) < 4.78 is 25.9. The number of urea groups is 1. The van der Waals surface area contributed by atoms with Crippen molar-refractivity contribution in [1.82, 2.24) is 14.9 Å². The van der Waals surface area contributed by atoms with Gasteiger partial charge in [-0.3, -0.25) is 14.7 Å². The van der Waals surface area contributed by atoms with Gasteiger partial charge in [0, 0.05) is 12.2 Å². The Morgan fingerprint density at radius 3 is 2.61 bits per heavy atom. The van der Waals surface area contributed by atoms with Crippen LogP contribution in [0.3, 0.4) is 0 Å². The van der Waals surface area contributed by atoms with Crippen molar-refractivity contribution in [2.75, 3.05) is 18.5 Å². The summed E-state index contributed by atoms with van der Waals surface area (Å²) in [6, 6.07) is 11.0. The summed E-state index contributed by atoms with van der Waals surface area (Å²) in [5.74, 6) is -1.10. The van der Waals surface area contributed by atoms with Gasteiger partial charge in [-0.1, -0.05) is 42.8 Å². The molecule has 2 saturated carbocycles. The number of carbonyl (C=O) groups excluding carboxylic acids is 1. The van der Waals surface area contributed by atoms with Crippen LogP contribution >= 0.6 is 0 Å². The summed E-state index contributed by atoms with van der Waals surface area (Å²) in [4.78, 5) is 40.7. The van der Waals surface area contributed by atoms with Crippen LogP contribution in [0.25, 0.3) is 6.08 Å². The smallest absolute Gasteiger partial charge is 0.351 e. The Balaban J connectivity index is 1.15. The number of ether oxygens (including phenoxy) is 4. The fourth-order valence-electron chi connectivity index (χ4n) is 5.70. The number of rotatable bonds is 10. The normalized spacial score (nSPS) is 30.9. The number of benzene rings is 1. The minimum absolute atomic E-state index is 0.0493. The van der Waals surface area contributed by atoms with Crippen molar-refractivity contribution < 1.29 is 33.6 Å². The average Bonchev–Trinajstić information content (AvgIpc) is 3.33. The average molecular weight is 567 g/mol. The lowest BCUT2D eigenvalue weighted by Gasteiger charge is -2.22. The van der Waals surface area contributed by atoms with Gasteiger partial charge < -0.3 is 29.4 Å². The lowest BCUT2D eigenvalue weighted by Crippen LogP contribution is -2.36. The van der Waals surface area contributed by atoms with Gasteiger partial charge in [0.25, 0.3) is 0 Å². The Bertz CT molecular complexity index is 1330. The number of carbonyl (C=O) groups is 2. The van der Waals surface area contributed by atoms with Crippen LogP contribution in [0.15, 0.2) is 53.5 Å². The predicted octanol–water partition coefficient (Wildman–Crippen LogP) is 2.77. The molecule has 4 fully saturated rings. The largest absolute Gasteiger partial charge is 0.481 e. The first-order valence-corrected chi connectivity index (χ1v) is 14.1. The molecule has 3 heterocycles. The lowest BCUT2D eigenvalue weighted by molar-refractivity contribution is -0.147. The minimum Gasteiger partial charge on any atom is -0.481 e. The molecule has 218 valence electrons. The summed E-state index contributed by atoms with van der Waals surface area (Å²) in [6.07, 6.45) is 6.24. The van der Waals surface area contributed by atoms with E-state index >= 15 is 0 Å². The second-order valence-corrected chi connectivity index (χ2v) is 11.0. The van der Waals surface area contributed by atoms with E-state index in [0.29, 0.717) is 13.0 Å². The van der Waals surface area contributed by atoms with Crippen LogP contribution in [0.4, 0.5) is 10.6 Å². The van der Waals surface area contributed by atoms with Crippen molar-refractivity contribution in [2.24, 2.45) is 11.8 Å². The Kier molecular flexibility index (Phi) is 8.15. The van der Waals surface area contributed by atoms with E-state index in [1.165, 1.54) is 16.8 Å². The first-order valence-electron chi connectivity index (χ1n) is 14.1. The molecule has 2 aliphatic heterocycles. The first kappa shape index (κ1) is 27.6. The van der Waals surface area contributed by atoms with Gasteiger partial charge in [0.1, 0.15) is 24.1 Å². The Morgan fingerprint density at radius 1 is 1.05 bits per heavy atom. The van der Waals surface area contributed by atoms with Gasteiger partial charge in [-0.15, -0.1) is 0 Å². The molecule has 6 rings (SSSR count). The molecule has 3 N–H and O–H groups in total. The standard InChI is InChI=1S/C29H34N4O8/c34-27(35)20-8-4-7-18(20)15-38-16-21-24-25(41-23(40-24)12-9-17-5-2-1-3-6-17)26(39-21)33-14-13-22(32-29(33)37)31-28(36)30-19-10-11-19/h1-3,5-6,9,12-14,18-21,23-26H,4,7-8,10-11,15-16H2,(H,34,35)(H2,30,31,32,36,37)/b12-9+/t18?,20?,21-,23+,24?,25?,26-/m1/s1. The molecule has 7 atom stereocenters. The number of carboxylic acids is 1. The number of nitrogens with one attached hydrogen (secondary N) is 2.